The van der Waals surface area contributed by atoms with Crippen molar-refractivity contribution >= 4 is 37.6 Å². The molecule has 0 aliphatic rings. The van der Waals surface area contributed by atoms with Gasteiger partial charge in [0, 0.05) is 23.4 Å². The summed E-state index contributed by atoms with van der Waals surface area (Å²) >= 11 is 9.21. The molecule has 4 nitrogen and oxygen atoms in total. The highest BCUT2D eigenvalue weighted by atomic mass is 79.9. The first-order valence-electron chi connectivity index (χ1n) is 5.33. The molecule has 0 amide bonds. The molecule has 0 atom stereocenters. The molecule has 0 spiro atoms. The fourth-order valence-corrected chi connectivity index (χ4v) is 3.31. The first-order chi connectivity index (χ1) is 9.00. The van der Waals surface area contributed by atoms with Crippen molar-refractivity contribution in [1.82, 2.24) is 9.71 Å². The van der Waals surface area contributed by atoms with Gasteiger partial charge in [-0.05, 0) is 17.7 Å². The molecule has 0 fully saturated rings. The normalized spacial score (nSPS) is 11.5. The second-order valence-electron chi connectivity index (χ2n) is 3.72. The van der Waals surface area contributed by atoms with Crippen LogP contribution in [0.5, 0.6) is 0 Å². The van der Waals surface area contributed by atoms with Crippen LogP contribution in [-0.4, -0.2) is 13.4 Å². The van der Waals surface area contributed by atoms with E-state index in [1.54, 1.807) is 0 Å². The smallest absolute Gasteiger partial charge is 0.243 e. The number of sulfonamides is 1. The number of nitrogens with one attached hydrogen (secondary N) is 1. The van der Waals surface area contributed by atoms with E-state index in [-0.39, 0.29) is 16.5 Å². The lowest BCUT2D eigenvalue weighted by Crippen LogP contribution is -2.23. The van der Waals surface area contributed by atoms with Crippen molar-refractivity contribution in [2.75, 3.05) is 0 Å². The first-order valence-corrected chi connectivity index (χ1v) is 7.99. The molecule has 0 unspecified atom stereocenters. The number of hydrogen-bond donors (Lipinski definition) is 1. The molecule has 2 rings (SSSR count). The van der Waals surface area contributed by atoms with E-state index < -0.39 is 10.0 Å². The van der Waals surface area contributed by atoms with Crippen LogP contribution in [0, 0.1) is 0 Å². The molecule has 19 heavy (non-hydrogen) atoms. The molecule has 0 saturated heterocycles. The van der Waals surface area contributed by atoms with Gasteiger partial charge in [-0.2, -0.15) is 0 Å². The molecule has 0 radical (unpaired) electrons. The fourth-order valence-electron chi connectivity index (χ4n) is 1.45. The third-order valence-electron chi connectivity index (χ3n) is 2.43. The number of aromatic nitrogens is 1. The molecular weight excluding hydrogens is 352 g/mol. The van der Waals surface area contributed by atoms with Crippen molar-refractivity contribution in [2.24, 2.45) is 0 Å². The quantitative estimate of drug-likeness (QED) is 0.911. The summed E-state index contributed by atoms with van der Waals surface area (Å²) in [6.45, 7) is 0.176. The standard InChI is InChI=1S/C12H10BrClN2O2S/c13-10-4-2-1-3-9(10)7-16-19(17,18)12-8-15-6-5-11(12)14/h1-6,8,16H,7H2. The zero-order valence-corrected chi connectivity index (χ0v) is 12.8. The summed E-state index contributed by atoms with van der Waals surface area (Å²) in [5.41, 5.74) is 0.839. The van der Waals surface area contributed by atoms with Crippen LogP contribution in [0.4, 0.5) is 0 Å². The summed E-state index contributed by atoms with van der Waals surface area (Å²) in [4.78, 5) is 3.75. The molecular formula is C12H10BrClN2O2S. The number of rotatable bonds is 4. The fraction of sp³-hybridized carbons (Fsp3) is 0.0833. The average molecular weight is 362 g/mol. The lowest BCUT2D eigenvalue weighted by atomic mass is 10.2. The Morgan fingerprint density at radius 2 is 2.00 bits per heavy atom. The Hall–Kier alpha value is -0.950. The Morgan fingerprint density at radius 3 is 2.68 bits per heavy atom. The van der Waals surface area contributed by atoms with E-state index in [2.05, 4.69) is 25.6 Å². The predicted molar refractivity (Wildman–Crippen MR) is 77.4 cm³/mol. The van der Waals surface area contributed by atoms with Gasteiger partial charge in [0.15, 0.2) is 0 Å². The summed E-state index contributed by atoms with van der Waals surface area (Å²) in [6.07, 6.45) is 2.67. The monoisotopic (exact) mass is 360 g/mol. The van der Waals surface area contributed by atoms with Gasteiger partial charge < -0.3 is 0 Å². The van der Waals surface area contributed by atoms with Crippen molar-refractivity contribution in [3.63, 3.8) is 0 Å². The number of halogens is 2. The average Bonchev–Trinajstić information content (AvgIpc) is 2.38. The SMILES string of the molecule is O=S(=O)(NCc1ccccc1Br)c1cnccc1Cl. The summed E-state index contributed by atoms with van der Waals surface area (Å²) < 4.78 is 27.5. The summed E-state index contributed by atoms with van der Waals surface area (Å²) in [5, 5.41) is 0.148. The van der Waals surface area contributed by atoms with E-state index in [1.807, 2.05) is 24.3 Å². The molecule has 0 aliphatic heterocycles. The molecule has 2 aromatic rings. The topological polar surface area (TPSA) is 59.1 Å². The van der Waals surface area contributed by atoms with Gasteiger partial charge in [-0.25, -0.2) is 13.1 Å². The lowest BCUT2D eigenvalue weighted by Gasteiger charge is -2.08. The Morgan fingerprint density at radius 1 is 1.26 bits per heavy atom. The van der Waals surface area contributed by atoms with Crippen LogP contribution in [0.15, 0.2) is 52.1 Å². The zero-order chi connectivity index (χ0) is 13.9. The molecule has 1 aromatic heterocycles. The Bertz CT molecular complexity index is 692. The Labute approximate surface area is 125 Å². The van der Waals surface area contributed by atoms with Gasteiger partial charge >= 0.3 is 0 Å². The van der Waals surface area contributed by atoms with Gasteiger partial charge in [0.25, 0.3) is 0 Å². The van der Waals surface area contributed by atoms with Crippen LogP contribution in [0.1, 0.15) is 5.56 Å². The number of benzene rings is 1. The maximum absolute atomic E-state index is 12.1. The maximum Gasteiger partial charge on any atom is 0.243 e. The zero-order valence-electron chi connectivity index (χ0n) is 9.68. The van der Waals surface area contributed by atoms with Crippen LogP contribution >= 0.6 is 27.5 Å². The molecule has 0 bridgehead atoms. The van der Waals surface area contributed by atoms with Crippen LogP contribution in [0.25, 0.3) is 0 Å². The van der Waals surface area contributed by atoms with Gasteiger partial charge in [0.05, 0.1) is 5.02 Å². The third kappa shape index (κ3) is 3.54. The van der Waals surface area contributed by atoms with E-state index in [0.29, 0.717) is 0 Å². The van der Waals surface area contributed by atoms with Crippen molar-refractivity contribution in [3.05, 3.63) is 57.8 Å². The minimum Gasteiger partial charge on any atom is -0.263 e. The summed E-state index contributed by atoms with van der Waals surface area (Å²) in [7, 11) is -3.67. The Balaban J connectivity index is 2.20. The second-order valence-corrected chi connectivity index (χ2v) is 6.72. The number of nitrogens with zero attached hydrogens (tertiary/aromatic N) is 1. The van der Waals surface area contributed by atoms with Crippen LogP contribution in [-0.2, 0) is 16.6 Å². The molecule has 1 heterocycles. The van der Waals surface area contributed by atoms with Gasteiger partial charge in [-0.3, -0.25) is 4.98 Å². The largest absolute Gasteiger partial charge is 0.263 e. The number of hydrogen-bond acceptors (Lipinski definition) is 3. The van der Waals surface area contributed by atoms with E-state index in [0.717, 1.165) is 10.0 Å². The van der Waals surface area contributed by atoms with Crippen molar-refractivity contribution in [1.29, 1.82) is 0 Å². The van der Waals surface area contributed by atoms with Crippen LogP contribution < -0.4 is 4.72 Å². The van der Waals surface area contributed by atoms with E-state index in [9.17, 15) is 8.42 Å². The molecule has 0 saturated carbocycles. The minimum atomic E-state index is -3.67. The molecule has 100 valence electrons. The predicted octanol–water partition coefficient (Wildman–Crippen LogP) is 2.98. The molecule has 0 aliphatic carbocycles. The third-order valence-corrected chi connectivity index (χ3v) is 5.08. The molecule has 1 aromatic carbocycles. The minimum absolute atomic E-state index is 0.0243. The van der Waals surface area contributed by atoms with Gasteiger partial charge in [0.2, 0.25) is 10.0 Å². The summed E-state index contributed by atoms with van der Waals surface area (Å²) in [6, 6.07) is 8.82. The van der Waals surface area contributed by atoms with Crippen molar-refractivity contribution in [2.45, 2.75) is 11.4 Å². The Kier molecular flexibility index (Phi) is 4.57. The van der Waals surface area contributed by atoms with E-state index in [4.69, 9.17) is 11.6 Å². The van der Waals surface area contributed by atoms with Gasteiger partial charge in [-0.1, -0.05) is 45.7 Å². The maximum atomic E-state index is 12.1. The highest BCUT2D eigenvalue weighted by Crippen LogP contribution is 2.20. The molecule has 1 N–H and O–H groups in total. The number of pyridine rings is 1. The van der Waals surface area contributed by atoms with Crippen molar-refractivity contribution in [3.8, 4) is 0 Å². The summed E-state index contributed by atoms with van der Waals surface area (Å²) in [5.74, 6) is 0. The second kappa shape index (κ2) is 6.00. The van der Waals surface area contributed by atoms with Gasteiger partial charge in [-0.15, -0.1) is 0 Å². The first kappa shape index (κ1) is 14.5. The van der Waals surface area contributed by atoms with E-state index in [1.165, 1.54) is 18.5 Å². The highest BCUT2D eigenvalue weighted by Gasteiger charge is 2.17. The van der Waals surface area contributed by atoms with Crippen molar-refractivity contribution < 1.29 is 8.42 Å². The van der Waals surface area contributed by atoms with Crippen LogP contribution in [0.2, 0.25) is 5.02 Å². The van der Waals surface area contributed by atoms with E-state index >= 15 is 0 Å². The lowest BCUT2D eigenvalue weighted by molar-refractivity contribution is 0.581. The van der Waals surface area contributed by atoms with Gasteiger partial charge in [0.1, 0.15) is 4.90 Å². The highest BCUT2D eigenvalue weighted by molar-refractivity contribution is 9.10. The molecule has 7 heteroatoms. The van der Waals surface area contributed by atoms with Crippen LogP contribution in [0.3, 0.4) is 0 Å².